The fraction of sp³-hybridized carbons (Fsp3) is 0.276. The number of hydrogen-bond donors (Lipinski definition) is 0. The second-order valence-electron chi connectivity index (χ2n) is 9.69. The van der Waals surface area contributed by atoms with Gasteiger partial charge in [0, 0.05) is 49.2 Å². The number of nitrogens with zero attached hydrogens (tertiary/aromatic N) is 4. The lowest BCUT2D eigenvalue weighted by atomic mass is 10.0. The second-order valence-corrected chi connectivity index (χ2v) is 9.69. The van der Waals surface area contributed by atoms with Crippen molar-refractivity contribution in [2.45, 2.75) is 32.7 Å². The first kappa shape index (κ1) is 28.1. The minimum absolute atomic E-state index is 0.000831. The van der Waals surface area contributed by atoms with Gasteiger partial charge in [-0.25, -0.2) is 13.6 Å². The molecule has 2 aromatic carbocycles. The monoisotopic (exact) mass is 570 g/mol. The van der Waals surface area contributed by atoms with Crippen LogP contribution in [0.25, 0.3) is 11.1 Å². The van der Waals surface area contributed by atoms with Crippen LogP contribution in [0, 0.1) is 18.6 Å². The van der Waals surface area contributed by atoms with Crippen LogP contribution >= 0.6 is 0 Å². The Morgan fingerprint density at radius 1 is 0.927 bits per heavy atom. The molecule has 12 heteroatoms. The fourth-order valence-electron chi connectivity index (χ4n) is 4.70. The summed E-state index contributed by atoms with van der Waals surface area (Å²) < 4.78 is 67.5. The molecule has 3 heterocycles. The van der Waals surface area contributed by atoms with Gasteiger partial charge in [-0.05, 0) is 55.9 Å². The number of pyridine rings is 1. The van der Waals surface area contributed by atoms with Gasteiger partial charge in [0.15, 0.2) is 11.5 Å². The number of ether oxygens (including phenoxy) is 2. The summed E-state index contributed by atoms with van der Waals surface area (Å²) in [6, 6.07) is 12.8. The van der Waals surface area contributed by atoms with Crippen LogP contribution in [0.3, 0.4) is 0 Å². The summed E-state index contributed by atoms with van der Waals surface area (Å²) in [6.07, 6.45) is -1.53. The molecule has 0 radical (unpaired) electrons. The van der Waals surface area contributed by atoms with Gasteiger partial charge in [-0.3, -0.25) is 18.9 Å². The molecule has 1 aliphatic heterocycles. The van der Waals surface area contributed by atoms with Crippen molar-refractivity contribution in [3.8, 4) is 22.6 Å². The molecule has 0 bridgehead atoms. The Balaban J connectivity index is 1.53. The Morgan fingerprint density at radius 2 is 1.66 bits per heavy atom. The predicted molar refractivity (Wildman–Crippen MR) is 142 cm³/mol. The van der Waals surface area contributed by atoms with E-state index in [-0.39, 0.29) is 40.4 Å². The molecule has 0 atom stereocenters. The topological polar surface area (TPSA) is 78.6 Å². The van der Waals surface area contributed by atoms with E-state index < -0.39 is 35.7 Å². The van der Waals surface area contributed by atoms with Crippen molar-refractivity contribution in [2.75, 3.05) is 20.1 Å². The van der Waals surface area contributed by atoms with Gasteiger partial charge in [-0.1, -0.05) is 18.2 Å². The number of benzene rings is 2. The maximum Gasteiger partial charge on any atom is 0.586 e. The van der Waals surface area contributed by atoms with E-state index in [2.05, 4.69) is 14.5 Å². The molecule has 0 fully saturated rings. The van der Waals surface area contributed by atoms with Crippen LogP contribution in [0.2, 0.25) is 0 Å². The molecule has 0 amide bonds. The zero-order chi connectivity index (χ0) is 29.3. The predicted octanol–water partition coefficient (Wildman–Crippen LogP) is 4.20. The molecule has 0 saturated heterocycles. The van der Waals surface area contributed by atoms with Crippen LogP contribution in [0.1, 0.15) is 17.0 Å². The zero-order valence-corrected chi connectivity index (χ0v) is 22.2. The van der Waals surface area contributed by atoms with Crippen LogP contribution in [0.5, 0.6) is 11.5 Å². The Morgan fingerprint density at radius 3 is 2.37 bits per heavy atom. The van der Waals surface area contributed by atoms with Gasteiger partial charge in [-0.2, -0.15) is 0 Å². The molecule has 4 aromatic rings. The van der Waals surface area contributed by atoms with Crippen LogP contribution in [-0.4, -0.2) is 45.4 Å². The lowest BCUT2D eigenvalue weighted by Gasteiger charge is -2.20. The van der Waals surface area contributed by atoms with Crippen molar-refractivity contribution in [3.05, 3.63) is 110 Å². The molecular weight excluding hydrogens is 544 g/mol. The summed E-state index contributed by atoms with van der Waals surface area (Å²) in [5, 5.41) is 0. The average molecular weight is 571 g/mol. The molecule has 0 saturated carbocycles. The molecule has 1 aliphatic rings. The van der Waals surface area contributed by atoms with Gasteiger partial charge < -0.3 is 14.4 Å². The Kier molecular flexibility index (Phi) is 7.68. The molecule has 0 unspecified atom stereocenters. The van der Waals surface area contributed by atoms with Gasteiger partial charge in [0.2, 0.25) is 0 Å². The smallest absolute Gasteiger partial charge is 0.395 e. The summed E-state index contributed by atoms with van der Waals surface area (Å²) in [5.74, 6) is -2.21. The average Bonchev–Trinajstić information content (AvgIpc) is 3.25. The van der Waals surface area contributed by atoms with Crippen molar-refractivity contribution in [1.82, 2.24) is 19.0 Å². The van der Waals surface area contributed by atoms with Crippen molar-refractivity contribution in [1.29, 1.82) is 0 Å². The number of aromatic nitrogens is 3. The Labute approximate surface area is 232 Å². The number of likely N-dealkylation sites (N-methyl/N-ethyl adjacent to an activating group) is 1. The third-order valence-corrected chi connectivity index (χ3v) is 6.94. The van der Waals surface area contributed by atoms with E-state index in [9.17, 15) is 27.2 Å². The van der Waals surface area contributed by atoms with Gasteiger partial charge in [0.1, 0.15) is 11.6 Å². The second kappa shape index (κ2) is 11.2. The summed E-state index contributed by atoms with van der Waals surface area (Å²) in [7, 11) is 1.83. The zero-order valence-electron chi connectivity index (χ0n) is 22.2. The highest BCUT2D eigenvalue weighted by Crippen LogP contribution is 2.42. The molecule has 214 valence electrons. The Hall–Kier alpha value is -4.45. The molecule has 0 N–H and O–H groups in total. The quantitative estimate of drug-likeness (QED) is 0.281. The Bertz CT molecular complexity index is 1690. The summed E-state index contributed by atoms with van der Waals surface area (Å²) in [5.41, 5.74) is -0.631. The van der Waals surface area contributed by atoms with Gasteiger partial charge >= 0.3 is 12.0 Å². The molecule has 2 aromatic heterocycles. The van der Waals surface area contributed by atoms with Crippen LogP contribution in [0.15, 0.2) is 70.4 Å². The van der Waals surface area contributed by atoms with E-state index in [1.54, 1.807) is 6.20 Å². The van der Waals surface area contributed by atoms with Crippen molar-refractivity contribution >= 4 is 0 Å². The normalized spacial score (nSPS) is 13.6. The van der Waals surface area contributed by atoms with Crippen LogP contribution in [0.4, 0.5) is 17.6 Å². The van der Waals surface area contributed by atoms with Crippen LogP contribution < -0.4 is 20.7 Å². The lowest BCUT2D eigenvalue weighted by molar-refractivity contribution is -0.286. The lowest BCUT2D eigenvalue weighted by Crippen LogP contribution is -2.44. The van der Waals surface area contributed by atoms with Gasteiger partial charge in [0.05, 0.1) is 12.1 Å². The highest BCUT2D eigenvalue weighted by Gasteiger charge is 2.43. The number of halogens is 4. The maximum absolute atomic E-state index is 14.6. The standard InChI is InChI=1S/C29H26F4N4O4/c1-18-26(19-9-10-24-25(16-19)41-29(32,33)40-24)27(38)36(15-14-35(2)13-11-20-6-3-4-12-34-20)28(39)37(18)17-21-22(30)7-5-8-23(21)31/h3-10,12,16H,11,13-15,17H2,1-2H3. The van der Waals surface area contributed by atoms with E-state index in [1.165, 1.54) is 31.2 Å². The number of fused-ring (bicyclic) bond motifs is 1. The van der Waals surface area contributed by atoms with Crippen LogP contribution in [-0.2, 0) is 19.5 Å². The molecule has 0 aliphatic carbocycles. The molecule has 41 heavy (non-hydrogen) atoms. The number of hydrogen-bond acceptors (Lipinski definition) is 6. The number of alkyl halides is 2. The highest BCUT2D eigenvalue weighted by molar-refractivity contribution is 5.69. The van der Waals surface area contributed by atoms with Crippen molar-refractivity contribution in [3.63, 3.8) is 0 Å². The first-order chi connectivity index (χ1) is 19.5. The van der Waals surface area contributed by atoms with E-state index in [1.807, 2.05) is 30.1 Å². The number of rotatable bonds is 9. The van der Waals surface area contributed by atoms with Crippen molar-refractivity contribution < 1.29 is 27.0 Å². The van der Waals surface area contributed by atoms with E-state index >= 15 is 0 Å². The van der Waals surface area contributed by atoms with Crippen molar-refractivity contribution in [2.24, 2.45) is 0 Å². The van der Waals surface area contributed by atoms with E-state index in [4.69, 9.17) is 0 Å². The highest BCUT2D eigenvalue weighted by atomic mass is 19.3. The van der Waals surface area contributed by atoms with E-state index in [0.717, 1.165) is 27.0 Å². The third-order valence-electron chi connectivity index (χ3n) is 6.94. The molecule has 8 nitrogen and oxygen atoms in total. The minimum Gasteiger partial charge on any atom is -0.395 e. The summed E-state index contributed by atoms with van der Waals surface area (Å²) >= 11 is 0. The fourth-order valence-corrected chi connectivity index (χ4v) is 4.70. The van der Waals surface area contributed by atoms with Gasteiger partial charge in [-0.15, -0.1) is 8.78 Å². The first-order valence-electron chi connectivity index (χ1n) is 12.8. The summed E-state index contributed by atoms with van der Waals surface area (Å²) in [6.45, 7) is 1.82. The third kappa shape index (κ3) is 5.87. The SMILES string of the molecule is Cc1c(-c2ccc3c(c2)OC(F)(F)O3)c(=O)n(CCN(C)CCc2ccccn2)c(=O)n1Cc1c(F)cccc1F. The van der Waals surface area contributed by atoms with E-state index in [0.29, 0.717) is 19.5 Å². The molecular formula is C29H26F4N4O4. The molecule has 5 rings (SSSR count). The largest absolute Gasteiger partial charge is 0.586 e. The first-order valence-corrected chi connectivity index (χ1v) is 12.8. The summed E-state index contributed by atoms with van der Waals surface area (Å²) in [4.78, 5) is 33.5. The molecule has 0 spiro atoms. The maximum atomic E-state index is 14.6. The van der Waals surface area contributed by atoms with Gasteiger partial charge in [0.25, 0.3) is 5.56 Å². The minimum atomic E-state index is -3.86.